The molecule has 1 aromatic carbocycles. The number of carbonyl (C=O) groups excluding carboxylic acids is 1. The van der Waals surface area contributed by atoms with Crippen LogP contribution in [0, 0.1) is 0 Å². The van der Waals surface area contributed by atoms with Gasteiger partial charge in [-0.2, -0.15) is 0 Å². The van der Waals surface area contributed by atoms with Crippen LogP contribution in [0.1, 0.15) is 22.1 Å². The van der Waals surface area contributed by atoms with Crippen molar-refractivity contribution in [3.8, 4) is 0 Å². The first kappa shape index (κ1) is 19.1. The lowest BCUT2D eigenvalue weighted by molar-refractivity contribution is 0.0154. The monoisotopic (exact) mass is 366 g/mol. The van der Waals surface area contributed by atoms with Crippen LogP contribution in [0.2, 0.25) is 0 Å². The number of hydrogen-bond acceptors (Lipinski definition) is 5. The van der Waals surface area contributed by atoms with E-state index in [0.29, 0.717) is 31.9 Å². The van der Waals surface area contributed by atoms with E-state index < -0.39 is 0 Å². The zero-order valence-corrected chi connectivity index (χ0v) is 15.4. The smallest absolute Gasteiger partial charge is 0.253 e. The molecule has 6 nitrogen and oxygen atoms in total. The van der Waals surface area contributed by atoms with Crippen molar-refractivity contribution < 1.29 is 9.53 Å². The van der Waals surface area contributed by atoms with Gasteiger partial charge in [-0.05, 0) is 24.3 Å². The normalized spacial score (nSPS) is 15.7. The van der Waals surface area contributed by atoms with E-state index in [-0.39, 0.29) is 11.9 Å². The molecule has 2 aromatic rings. The topological polar surface area (TPSA) is 66.5 Å². The summed E-state index contributed by atoms with van der Waals surface area (Å²) in [5, 5.41) is 6.29. The average molecular weight is 366 g/mol. The summed E-state index contributed by atoms with van der Waals surface area (Å²) < 4.78 is 5.47. The van der Waals surface area contributed by atoms with Gasteiger partial charge in [-0.15, -0.1) is 6.58 Å². The number of amides is 1. The molecule has 0 spiro atoms. The molecule has 2 heterocycles. The number of ether oxygens (including phenoxy) is 1. The third-order valence-electron chi connectivity index (χ3n) is 4.58. The lowest BCUT2D eigenvalue weighted by Gasteiger charge is -2.34. The van der Waals surface area contributed by atoms with Crippen LogP contribution in [0.5, 0.6) is 0 Å². The summed E-state index contributed by atoms with van der Waals surface area (Å²) >= 11 is 0. The largest absolute Gasteiger partial charge is 0.381 e. The number of rotatable bonds is 8. The molecular formula is C21H26N4O2. The first-order chi connectivity index (χ1) is 13.3. The number of nitrogens with one attached hydrogen (secondary N) is 2. The minimum Gasteiger partial charge on any atom is -0.381 e. The molecule has 6 heteroatoms. The second-order valence-corrected chi connectivity index (χ2v) is 6.34. The molecule has 1 saturated heterocycles. The van der Waals surface area contributed by atoms with Crippen molar-refractivity contribution in [2.45, 2.75) is 6.04 Å². The van der Waals surface area contributed by atoms with E-state index >= 15 is 0 Å². The molecule has 1 aromatic heterocycles. The molecule has 0 aliphatic carbocycles. The van der Waals surface area contributed by atoms with E-state index in [9.17, 15) is 4.79 Å². The molecule has 1 amide bonds. The fourth-order valence-electron chi connectivity index (χ4n) is 3.18. The van der Waals surface area contributed by atoms with Gasteiger partial charge >= 0.3 is 0 Å². The first-order valence-corrected chi connectivity index (χ1v) is 9.24. The van der Waals surface area contributed by atoms with Crippen LogP contribution >= 0.6 is 0 Å². The Morgan fingerprint density at radius 3 is 2.74 bits per heavy atom. The van der Waals surface area contributed by atoms with Gasteiger partial charge < -0.3 is 15.4 Å². The average Bonchev–Trinajstić information content (AvgIpc) is 2.74. The first-order valence-electron chi connectivity index (χ1n) is 9.24. The van der Waals surface area contributed by atoms with Crippen molar-refractivity contribution in [1.29, 1.82) is 0 Å². The molecule has 0 saturated carbocycles. The highest BCUT2D eigenvalue weighted by molar-refractivity contribution is 5.99. The Labute approximate surface area is 160 Å². The molecular weight excluding hydrogens is 340 g/mol. The quantitative estimate of drug-likeness (QED) is 0.703. The number of aromatic nitrogens is 1. The maximum Gasteiger partial charge on any atom is 0.253 e. The zero-order chi connectivity index (χ0) is 18.9. The minimum atomic E-state index is -0.101. The SMILES string of the molecule is C=CCNc1ccccc1C(=O)NC[C@@H](c1ccccn1)N1CCOCC1. The summed E-state index contributed by atoms with van der Waals surface area (Å²) in [5.41, 5.74) is 2.38. The Bertz CT molecular complexity index is 745. The fourth-order valence-corrected chi connectivity index (χ4v) is 3.18. The number of nitrogens with zero attached hydrogens (tertiary/aromatic N) is 2. The fraction of sp³-hybridized carbons (Fsp3) is 0.333. The highest BCUT2D eigenvalue weighted by atomic mass is 16.5. The summed E-state index contributed by atoms with van der Waals surface area (Å²) in [6.45, 7) is 7.86. The maximum atomic E-state index is 12.8. The zero-order valence-electron chi connectivity index (χ0n) is 15.4. The van der Waals surface area contributed by atoms with Gasteiger partial charge in [0.25, 0.3) is 5.91 Å². The van der Waals surface area contributed by atoms with E-state index in [1.54, 1.807) is 12.3 Å². The number of carbonyl (C=O) groups is 1. The number of hydrogen-bond donors (Lipinski definition) is 2. The van der Waals surface area contributed by atoms with Crippen LogP contribution in [0.3, 0.4) is 0 Å². The molecule has 0 radical (unpaired) electrons. The van der Waals surface area contributed by atoms with E-state index in [0.717, 1.165) is 24.5 Å². The van der Waals surface area contributed by atoms with Gasteiger partial charge in [-0.25, -0.2) is 0 Å². The summed E-state index contributed by atoms with van der Waals surface area (Å²) in [7, 11) is 0. The van der Waals surface area contributed by atoms with Gasteiger partial charge in [0, 0.05) is 38.1 Å². The standard InChI is InChI=1S/C21H26N4O2/c1-2-10-22-18-8-4-3-7-17(18)21(26)24-16-20(19-9-5-6-11-23-19)25-12-14-27-15-13-25/h2-9,11,20,22H,1,10,12-16H2,(H,24,26)/t20-/m0/s1. The molecule has 0 unspecified atom stereocenters. The van der Waals surface area contributed by atoms with Crippen LogP contribution in [0.15, 0.2) is 61.3 Å². The van der Waals surface area contributed by atoms with Crippen LogP contribution in [-0.2, 0) is 4.74 Å². The van der Waals surface area contributed by atoms with Crippen molar-refractivity contribution >= 4 is 11.6 Å². The summed E-state index contributed by atoms with van der Waals surface area (Å²) in [4.78, 5) is 19.6. The molecule has 142 valence electrons. The minimum absolute atomic E-state index is 0.0207. The lowest BCUT2D eigenvalue weighted by Crippen LogP contribution is -2.44. The molecule has 27 heavy (non-hydrogen) atoms. The highest BCUT2D eigenvalue weighted by Gasteiger charge is 2.24. The van der Waals surface area contributed by atoms with E-state index in [1.165, 1.54) is 0 Å². The molecule has 1 aliphatic heterocycles. The van der Waals surface area contributed by atoms with Crippen molar-refractivity contribution in [2.75, 3.05) is 44.7 Å². The molecule has 1 atom stereocenters. The van der Waals surface area contributed by atoms with Crippen LogP contribution < -0.4 is 10.6 Å². The second-order valence-electron chi connectivity index (χ2n) is 6.34. The van der Waals surface area contributed by atoms with Gasteiger partial charge in [0.1, 0.15) is 0 Å². The van der Waals surface area contributed by atoms with Gasteiger partial charge in [-0.1, -0.05) is 24.3 Å². The van der Waals surface area contributed by atoms with E-state index in [2.05, 4.69) is 27.1 Å². The predicted octanol–water partition coefficient (Wildman–Crippen LogP) is 2.48. The van der Waals surface area contributed by atoms with Crippen molar-refractivity contribution in [1.82, 2.24) is 15.2 Å². The Kier molecular flexibility index (Phi) is 6.96. The molecule has 2 N–H and O–H groups in total. The highest BCUT2D eigenvalue weighted by Crippen LogP contribution is 2.20. The number of para-hydroxylation sites is 1. The van der Waals surface area contributed by atoms with Crippen LogP contribution in [0.25, 0.3) is 0 Å². The maximum absolute atomic E-state index is 12.8. The Morgan fingerprint density at radius 2 is 2.00 bits per heavy atom. The molecule has 0 bridgehead atoms. The Hall–Kier alpha value is -2.70. The van der Waals surface area contributed by atoms with Gasteiger partial charge in [0.05, 0.1) is 30.5 Å². The second kappa shape index (κ2) is 9.85. The summed E-state index contributed by atoms with van der Waals surface area (Å²) in [6.07, 6.45) is 3.56. The Balaban J connectivity index is 1.71. The van der Waals surface area contributed by atoms with Crippen LogP contribution in [-0.4, -0.2) is 55.2 Å². The molecule has 1 fully saturated rings. The van der Waals surface area contributed by atoms with Gasteiger partial charge in [-0.3, -0.25) is 14.7 Å². The van der Waals surface area contributed by atoms with Crippen LogP contribution in [0.4, 0.5) is 5.69 Å². The van der Waals surface area contributed by atoms with E-state index in [4.69, 9.17) is 4.74 Å². The Morgan fingerprint density at radius 1 is 1.22 bits per heavy atom. The predicted molar refractivity (Wildman–Crippen MR) is 107 cm³/mol. The number of morpholine rings is 1. The number of pyridine rings is 1. The third-order valence-corrected chi connectivity index (χ3v) is 4.58. The molecule has 3 rings (SSSR count). The van der Waals surface area contributed by atoms with Crippen molar-refractivity contribution in [3.63, 3.8) is 0 Å². The van der Waals surface area contributed by atoms with Crippen molar-refractivity contribution in [3.05, 3.63) is 72.6 Å². The third kappa shape index (κ3) is 5.15. The number of benzene rings is 1. The summed E-state index contributed by atoms with van der Waals surface area (Å²) in [6, 6.07) is 13.4. The van der Waals surface area contributed by atoms with E-state index in [1.807, 2.05) is 42.5 Å². The van der Waals surface area contributed by atoms with Gasteiger partial charge in [0.15, 0.2) is 0 Å². The summed E-state index contributed by atoms with van der Waals surface area (Å²) in [5.74, 6) is -0.101. The number of anilines is 1. The molecule has 1 aliphatic rings. The van der Waals surface area contributed by atoms with Crippen molar-refractivity contribution in [2.24, 2.45) is 0 Å². The lowest BCUT2D eigenvalue weighted by atomic mass is 10.1. The van der Waals surface area contributed by atoms with Gasteiger partial charge in [0.2, 0.25) is 0 Å².